The molecule has 1 N–H and O–H groups in total. The topological polar surface area (TPSA) is 46.9 Å². The van der Waals surface area contributed by atoms with Crippen LogP contribution in [0, 0.1) is 18.6 Å². The number of amides is 1. The highest BCUT2D eigenvalue weighted by atomic mass is 35.5. The number of halogens is 4. The lowest BCUT2D eigenvalue weighted by Crippen LogP contribution is -2.14. The van der Waals surface area contributed by atoms with Gasteiger partial charge in [0, 0.05) is 11.1 Å². The second-order valence-electron chi connectivity index (χ2n) is 5.58. The molecule has 0 saturated carbocycles. The Labute approximate surface area is 158 Å². The van der Waals surface area contributed by atoms with Crippen LogP contribution in [0.5, 0.6) is 0 Å². The van der Waals surface area contributed by atoms with Crippen LogP contribution in [-0.4, -0.2) is 15.7 Å². The van der Waals surface area contributed by atoms with Crippen molar-refractivity contribution < 1.29 is 13.6 Å². The molecule has 0 unspecified atom stereocenters. The Morgan fingerprint density at radius 2 is 1.92 bits per heavy atom. The van der Waals surface area contributed by atoms with E-state index < -0.39 is 17.5 Å². The number of aryl methyl sites for hydroxylation is 1. The number of aromatic nitrogens is 2. The maximum absolute atomic E-state index is 13.7. The third kappa shape index (κ3) is 3.71. The van der Waals surface area contributed by atoms with E-state index in [0.717, 1.165) is 17.7 Å². The number of benzene rings is 2. The second-order valence-corrected chi connectivity index (χ2v) is 6.34. The lowest BCUT2D eigenvalue weighted by Gasteiger charge is -2.07. The molecule has 0 spiro atoms. The van der Waals surface area contributed by atoms with E-state index in [2.05, 4.69) is 10.4 Å². The summed E-state index contributed by atoms with van der Waals surface area (Å²) in [6.45, 7) is 1.89. The summed E-state index contributed by atoms with van der Waals surface area (Å²) in [5, 5.41) is 7.29. The second kappa shape index (κ2) is 7.43. The van der Waals surface area contributed by atoms with Crippen LogP contribution in [-0.2, 0) is 6.54 Å². The fourth-order valence-corrected chi connectivity index (χ4v) is 3.00. The third-order valence-electron chi connectivity index (χ3n) is 3.75. The van der Waals surface area contributed by atoms with Crippen LogP contribution in [0.15, 0.2) is 42.5 Å². The van der Waals surface area contributed by atoms with E-state index in [1.807, 2.05) is 12.1 Å². The molecule has 2 aromatic carbocycles. The first-order valence-corrected chi connectivity index (χ1v) is 8.35. The molecule has 0 radical (unpaired) electrons. The first kappa shape index (κ1) is 18.4. The normalized spacial score (nSPS) is 10.8. The fraction of sp³-hybridized carbons (Fsp3) is 0.111. The lowest BCUT2D eigenvalue weighted by atomic mass is 10.2. The van der Waals surface area contributed by atoms with Crippen LogP contribution in [0.2, 0.25) is 10.2 Å². The number of anilines is 1. The molecule has 0 fully saturated rings. The molecule has 1 heterocycles. The van der Waals surface area contributed by atoms with E-state index in [0.29, 0.717) is 16.8 Å². The van der Waals surface area contributed by atoms with E-state index in [9.17, 15) is 13.6 Å². The molecule has 1 amide bonds. The lowest BCUT2D eigenvalue weighted by molar-refractivity contribution is 0.102. The van der Waals surface area contributed by atoms with Crippen molar-refractivity contribution in [2.24, 2.45) is 0 Å². The molecule has 3 aromatic rings. The summed E-state index contributed by atoms with van der Waals surface area (Å²) in [6, 6.07) is 10.1. The maximum Gasteiger partial charge on any atom is 0.260 e. The Morgan fingerprint density at radius 1 is 1.19 bits per heavy atom. The summed E-state index contributed by atoms with van der Waals surface area (Å²) >= 11 is 12.4. The molecule has 1 aromatic heterocycles. The first-order chi connectivity index (χ1) is 12.4. The molecule has 8 heteroatoms. The summed E-state index contributed by atoms with van der Waals surface area (Å²) in [5.74, 6) is -2.25. The van der Waals surface area contributed by atoms with Crippen LogP contribution >= 0.6 is 23.2 Å². The van der Waals surface area contributed by atoms with Crippen LogP contribution in [0.25, 0.3) is 0 Å². The maximum atomic E-state index is 13.7. The Hall–Kier alpha value is -2.44. The fourth-order valence-electron chi connectivity index (χ4n) is 2.48. The summed E-state index contributed by atoms with van der Waals surface area (Å²) in [4.78, 5) is 12.5. The van der Waals surface area contributed by atoms with Gasteiger partial charge in [0.2, 0.25) is 0 Å². The van der Waals surface area contributed by atoms with Crippen LogP contribution in [0.3, 0.4) is 0 Å². The minimum atomic E-state index is -0.879. The van der Waals surface area contributed by atoms with E-state index in [1.165, 1.54) is 4.68 Å². The van der Waals surface area contributed by atoms with Gasteiger partial charge < -0.3 is 5.32 Å². The van der Waals surface area contributed by atoms with Crippen molar-refractivity contribution in [3.8, 4) is 0 Å². The molecule has 3 rings (SSSR count). The quantitative estimate of drug-likeness (QED) is 0.669. The minimum Gasteiger partial charge on any atom is -0.319 e. The van der Waals surface area contributed by atoms with Crippen LogP contribution in [0.4, 0.5) is 14.5 Å². The van der Waals surface area contributed by atoms with E-state index in [4.69, 9.17) is 23.2 Å². The van der Waals surface area contributed by atoms with Gasteiger partial charge in [-0.25, -0.2) is 13.5 Å². The highest BCUT2D eigenvalue weighted by Gasteiger charge is 2.22. The molecular formula is C18H13Cl2F2N3O. The first-order valence-electron chi connectivity index (χ1n) is 7.59. The van der Waals surface area contributed by atoms with Gasteiger partial charge in [0.25, 0.3) is 5.91 Å². The molecule has 134 valence electrons. The molecule has 0 aliphatic heterocycles. The average molecular weight is 396 g/mol. The van der Waals surface area contributed by atoms with Crippen molar-refractivity contribution in [3.05, 3.63) is 81.1 Å². The molecule has 0 aliphatic carbocycles. The highest BCUT2D eigenvalue weighted by Crippen LogP contribution is 2.25. The number of hydrogen-bond acceptors (Lipinski definition) is 2. The minimum absolute atomic E-state index is 0.0995. The van der Waals surface area contributed by atoms with Crippen molar-refractivity contribution in [2.45, 2.75) is 13.5 Å². The molecular weight excluding hydrogens is 383 g/mol. The van der Waals surface area contributed by atoms with Gasteiger partial charge >= 0.3 is 0 Å². The van der Waals surface area contributed by atoms with Gasteiger partial charge in [-0.1, -0.05) is 41.4 Å². The van der Waals surface area contributed by atoms with Gasteiger partial charge in [-0.15, -0.1) is 0 Å². The van der Waals surface area contributed by atoms with Crippen LogP contribution in [0.1, 0.15) is 21.6 Å². The van der Waals surface area contributed by atoms with Crippen LogP contribution < -0.4 is 5.32 Å². The van der Waals surface area contributed by atoms with Crippen molar-refractivity contribution >= 4 is 34.8 Å². The molecule has 26 heavy (non-hydrogen) atoms. The van der Waals surface area contributed by atoms with Crippen molar-refractivity contribution in [2.75, 3.05) is 5.32 Å². The predicted octanol–water partition coefficient (Wildman–Crippen LogP) is 5.08. The third-order valence-corrected chi connectivity index (χ3v) is 4.50. The largest absolute Gasteiger partial charge is 0.319 e. The zero-order chi connectivity index (χ0) is 18.8. The highest BCUT2D eigenvalue weighted by molar-refractivity contribution is 6.34. The molecule has 0 atom stereocenters. The van der Waals surface area contributed by atoms with Gasteiger partial charge in [0.05, 0.1) is 23.5 Å². The molecule has 4 nitrogen and oxygen atoms in total. The van der Waals surface area contributed by atoms with Crippen molar-refractivity contribution in [1.29, 1.82) is 0 Å². The van der Waals surface area contributed by atoms with E-state index in [1.54, 1.807) is 19.1 Å². The Morgan fingerprint density at radius 3 is 2.62 bits per heavy atom. The molecule has 0 bridgehead atoms. The van der Waals surface area contributed by atoms with Crippen molar-refractivity contribution in [3.63, 3.8) is 0 Å². The smallest absolute Gasteiger partial charge is 0.260 e. The predicted molar refractivity (Wildman–Crippen MR) is 96.8 cm³/mol. The monoisotopic (exact) mass is 395 g/mol. The summed E-state index contributed by atoms with van der Waals surface area (Å²) < 4.78 is 28.2. The van der Waals surface area contributed by atoms with E-state index in [-0.39, 0.29) is 22.9 Å². The van der Waals surface area contributed by atoms with E-state index >= 15 is 0 Å². The number of carbonyl (C=O) groups excluding carboxylic acids is 1. The van der Waals surface area contributed by atoms with Gasteiger partial charge in [-0.05, 0) is 30.7 Å². The van der Waals surface area contributed by atoms with Crippen molar-refractivity contribution in [1.82, 2.24) is 9.78 Å². The Balaban J connectivity index is 1.87. The zero-order valence-corrected chi connectivity index (χ0v) is 15.1. The Kier molecular flexibility index (Phi) is 5.25. The number of hydrogen-bond donors (Lipinski definition) is 1. The summed E-state index contributed by atoms with van der Waals surface area (Å²) in [6.07, 6.45) is 0. The molecule has 0 aliphatic rings. The van der Waals surface area contributed by atoms with Gasteiger partial charge in [-0.2, -0.15) is 5.10 Å². The van der Waals surface area contributed by atoms with Gasteiger partial charge in [0.1, 0.15) is 16.8 Å². The Bertz CT molecular complexity index is 989. The van der Waals surface area contributed by atoms with Gasteiger partial charge in [-0.3, -0.25) is 4.79 Å². The standard InChI is InChI=1S/C18H13Cl2F2N3O/c1-10-16(18(26)23-15-7-6-12(21)8-14(15)22)17(20)25(24-10)9-11-4-2-3-5-13(11)19/h2-8H,9H2,1H3,(H,23,26). The number of nitrogens with zero attached hydrogens (tertiary/aromatic N) is 2. The zero-order valence-electron chi connectivity index (χ0n) is 13.6. The SMILES string of the molecule is Cc1nn(Cc2ccccc2Cl)c(Cl)c1C(=O)Nc1ccc(F)cc1F. The summed E-state index contributed by atoms with van der Waals surface area (Å²) in [7, 11) is 0. The van der Waals surface area contributed by atoms with Gasteiger partial charge in [0.15, 0.2) is 0 Å². The number of nitrogens with one attached hydrogen (secondary N) is 1. The molecule has 0 saturated heterocycles. The number of carbonyl (C=O) groups is 1. The summed E-state index contributed by atoms with van der Waals surface area (Å²) in [5.41, 5.74) is 1.13. The average Bonchev–Trinajstić information content (AvgIpc) is 2.86. The number of rotatable bonds is 4.